The van der Waals surface area contributed by atoms with Crippen LogP contribution in [-0.4, -0.2) is 9.13 Å². The van der Waals surface area contributed by atoms with Gasteiger partial charge in [-0.25, -0.2) is 0 Å². The molecule has 2 aromatic heterocycles. The van der Waals surface area contributed by atoms with Crippen LogP contribution in [0.25, 0.3) is 143 Å². The largest absolute Gasteiger partial charge is 0.309 e. The number of nitrogens with zero attached hydrogens (tertiary/aromatic N) is 2. The molecule has 15 aromatic rings. The third kappa shape index (κ3) is 7.03. The zero-order valence-electron chi connectivity index (χ0n) is 41.6. The Morgan fingerprint density at radius 2 is 0.487 bits per heavy atom. The summed E-state index contributed by atoms with van der Waals surface area (Å²) in [4.78, 5) is 0. The maximum Gasteiger partial charge on any atom is 0.0619 e. The first-order valence-electron chi connectivity index (χ1n) is 26.2. The van der Waals surface area contributed by atoms with Gasteiger partial charge in [0.1, 0.15) is 0 Å². The second-order valence-electron chi connectivity index (χ2n) is 20.0. The fraction of sp³-hybridized carbons (Fsp3) is 0. The van der Waals surface area contributed by atoms with Crippen LogP contribution in [0.2, 0.25) is 0 Å². The molecule has 2 heteroatoms. The minimum absolute atomic E-state index is 1.11. The summed E-state index contributed by atoms with van der Waals surface area (Å²) in [6, 6.07) is 108. The lowest BCUT2D eigenvalue weighted by molar-refractivity contribution is 1.14. The summed E-state index contributed by atoms with van der Waals surface area (Å²) in [5, 5.41) is 12.0. The van der Waals surface area contributed by atoms with E-state index in [1.165, 1.54) is 98.4 Å². The summed E-state index contributed by atoms with van der Waals surface area (Å²) < 4.78 is 5.03. The van der Waals surface area contributed by atoms with Crippen LogP contribution in [-0.2, 0) is 0 Å². The Morgan fingerprint density at radius 1 is 0.184 bits per heavy atom. The van der Waals surface area contributed by atoms with Gasteiger partial charge in [0.05, 0.1) is 22.4 Å². The molecule has 76 heavy (non-hydrogen) atoms. The van der Waals surface area contributed by atoms with Gasteiger partial charge in [0.25, 0.3) is 0 Å². The van der Waals surface area contributed by atoms with Crippen molar-refractivity contribution in [3.63, 3.8) is 0 Å². The third-order valence-corrected chi connectivity index (χ3v) is 15.6. The molecule has 0 unspecified atom stereocenters. The first kappa shape index (κ1) is 43.6. The van der Waals surface area contributed by atoms with Crippen molar-refractivity contribution in [1.29, 1.82) is 0 Å². The maximum atomic E-state index is 2.54. The van der Waals surface area contributed by atoms with Crippen LogP contribution in [0.15, 0.2) is 291 Å². The number of fused-ring (bicyclic) bond motifs is 6. The molecule has 2 heterocycles. The highest BCUT2D eigenvalue weighted by molar-refractivity contribution is 6.28. The zero-order valence-corrected chi connectivity index (χ0v) is 41.6. The molecule has 15 rings (SSSR count). The Kier molecular flexibility index (Phi) is 10.2. The molecule has 0 aliphatic carbocycles. The van der Waals surface area contributed by atoms with Crippen molar-refractivity contribution in [2.75, 3.05) is 0 Å². The van der Waals surface area contributed by atoms with E-state index in [0.717, 1.165) is 44.9 Å². The topological polar surface area (TPSA) is 9.86 Å². The molecule has 0 radical (unpaired) electrons. The maximum absolute atomic E-state index is 2.54. The highest BCUT2D eigenvalue weighted by Crippen LogP contribution is 2.52. The standard InChI is InChI=1S/C74H48N2/c1-7-25-51(26-8-1)71-65-45-61-63(47-67(65)75(59-35-15-5-16-36-59)73(71)53-29-11-3-12-30-53)70(58-42-40-50-24-20-22-34-56(50)44-58)62-46-66-68(48-64(62)69(61)57-41-39-49-23-19-21-33-55(49)43-57)76(60-37-17-6-18-38-60)74(54-31-13-4-14-32-54)72(66)52-27-9-2-10-28-52/h1-48H. The Bertz CT molecular complexity index is 4210. The van der Waals surface area contributed by atoms with E-state index in [0.29, 0.717) is 0 Å². The molecule has 2 nitrogen and oxygen atoms in total. The summed E-state index contributed by atoms with van der Waals surface area (Å²) in [5.74, 6) is 0. The average Bonchev–Trinajstić information content (AvgIpc) is 4.04. The molecule has 0 fully saturated rings. The lowest BCUT2D eigenvalue weighted by Crippen LogP contribution is -1.98. The van der Waals surface area contributed by atoms with Gasteiger partial charge in [0.15, 0.2) is 0 Å². The molecule has 354 valence electrons. The van der Waals surface area contributed by atoms with E-state index in [1.54, 1.807) is 0 Å². The van der Waals surface area contributed by atoms with Crippen molar-refractivity contribution in [1.82, 2.24) is 9.13 Å². The molecule has 0 aliphatic heterocycles. The normalized spacial score (nSPS) is 11.7. The summed E-state index contributed by atoms with van der Waals surface area (Å²) >= 11 is 0. The number of para-hydroxylation sites is 2. The highest BCUT2D eigenvalue weighted by Gasteiger charge is 2.28. The Labute approximate surface area is 441 Å². The summed E-state index contributed by atoms with van der Waals surface area (Å²) in [6.07, 6.45) is 0. The molecular formula is C74H48N2. The Hall–Kier alpha value is -10.0. The fourth-order valence-corrected chi connectivity index (χ4v) is 12.3. The van der Waals surface area contributed by atoms with Gasteiger partial charge in [-0.05, 0) is 148 Å². The Balaban J connectivity index is 1.21. The number of hydrogen-bond acceptors (Lipinski definition) is 0. The SMILES string of the molecule is c1ccc(-c2c(-c3ccccc3)n(-c3ccccc3)c3cc4c(-c5ccc6ccccc6c5)c5cc6c(-c7ccccc7)c(-c7ccccc7)n(-c7ccccc7)c6cc5c(-c5ccc6ccccc6c5)c4cc23)cc1. The molecule has 0 saturated heterocycles. The first-order valence-corrected chi connectivity index (χ1v) is 26.2. The lowest BCUT2D eigenvalue weighted by Gasteiger charge is -2.20. The quantitative estimate of drug-likeness (QED) is 0.134. The van der Waals surface area contributed by atoms with Crippen molar-refractivity contribution in [3.05, 3.63) is 291 Å². The van der Waals surface area contributed by atoms with E-state index in [-0.39, 0.29) is 0 Å². The number of benzene rings is 13. The van der Waals surface area contributed by atoms with Gasteiger partial charge >= 0.3 is 0 Å². The molecule has 13 aromatic carbocycles. The van der Waals surface area contributed by atoms with Crippen LogP contribution < -0.4 is 0 Å². The number of hydrogen-bond donors (Lipinski definition) is 0. The summed E-state index contributed by atoms with van der Waals surface area (Å²) in [6.45, 7) is 0. The third-order valence-electron chi connectivity index (χ3n) is 15.6. The smallest absolute Gasteiger partial charge is 0.0619 e. The van der Waals surface area contributed by atoms with Crippen LogP contribution >= 0.6 is 0 Å². The van der Waals surface area contributed by atoms with Crippen molar-refractivity contribution in [3.8, 4) is 78.4 Å². The number of aromatic nitrogens is 2. The van der Waals surface area contributed by atoms with E-state index in [1.807, 2.05) is 0 Å². The van der Waals surface area contributed by atoms with Crippen LogP contribution in [0.4, 0.5) is 0 Å². The Morgan fingerprint density at radius 3 is 0.855 bits per heavy atom. The van der Waals surface area contributed by atoms with E-state index in [9.17, 15) is 0 Å². The van der Waals surface area contributed by atoms with Gasteiger partial charge in [-0.15, -0.1) is 0 Å². The minimum atomic E-state index is 1.11. The first-order chi connectivity index (χ1) is 37.7. The zero-order chi connectivity index (χ0) is 50.1. The molecule has 0 saturated carbocycles. The molecule has 0 bridgehead atoms. The number of rotatable bonds is 8. The molecule has 0 N–H and O–H groups in total. The van der Waals surface area contributed by atoms with Crippen LogP contribution in [0.3, 0.4) is 0 Å². The van der Waals surface area contributed by atoms with Crippen LogP contribution in [0.1, 0.15) is 0 Å². The molecular weight excluding hydrogens is 917 g/mol. The lowest BCUT2D eigenvalue weighted by atomic mass is 9.83. The monoisotopic (exact) mass is 964 g/mol. The fourth-order valence-electron chi connectivity index (χ4n) is 12.3. The second-order valence-corrected chi connectivity index (χ2v) is 20.0. The van der Waals surface area contributed by atoms with Gasteiger partial charge in [0.2, 0.25) is 0 Å². The molecule has 0 amide bonds. The van der Waals surface area contributed by atoms with Crippen LogP contribution in [0.5, 0.6) is 0 Å². The van der Waals surface area contributed by atoms with E-state index >= 15 is 0 Å². The van der Waals surface area contributed by atoms with Crippen molar-refractivity contribution in [2.24, 2.45) is 0 Å². The van der Waals surface area contributed by atoms with E-state index in [4.69, 9.17) is 0 Å². The van der Waals surface area contributed by atoms with Gasteiger partial charge in [0, 0.05) is 33.3 Å². The van der Waals surface area contributed by atoms with Gasteiger partial charge < -0.3 is 9.13 Å². The predicted octanol–water partition coefficient (Wildman–Crippen LogP) is 20.2. The summed E-state index contributed by atoms with van der Waals surface area (Å²) in [7, 11) is 0. The average molecular weight is 965 g/mol. The van der Waals surface area contributed by atoms with Gasteiger partial charge in [-0.3, -0.25) is 0 Å². The van der Waals surface area contributed by atoms with Gasteiger partial charge in [-0.1, -0.05) is 231 Å². The van der Waals surface area contributed by atoms with Crippen molar-refractivity contribution < 1.29 is 0 Å². The minimum Gasteiger partial charge on any atom is -0.309 e. The van der Waals surface area contributed by atoms with Gasteiger partial charge in [-0.2, -0.15) is 0 Å². The second kappa shape index (κ2) is 17.9. The molecule has 0 spiro atoms. The van der Waals surface area contributed by atoms with Crippen molar-refractivity contribution in [2.45, 2.75) is 0 Å². The molecule has 0 atom stereocenters. The molecule has 0 aliphatic rings. The van der Waals surface area contributed by atoms with Crippen molar-refractivity contribution >= 4 is 64.9 Å². The highest BCUT2D eigenvalue weighted by atomic mass is 15.0. The van der Waals surface area contributed by atoms with E-state index < -0.39 is 0 Å². The predicted molar refractivity (Wildman–Crippen MR) is 323 cm³/mol. The summed E-state index contributed by atoms with van der Waals surface area (Å²) in [5.41, 5.74) is 18.7. The van der Waals surface area contributed by atoms with E-state index in [2.05, 4.69) is 300 Å². The van der Waals surface area contributed by atoms with Crippen LogP contribution in [0, 0.1) is 0 Å².